The molecule has 1 fully saturated rings. The van der Waals surface area contributed by atoms with E-state index in [1.54, 1.807) is 0 Å². The van der Waals surface area contributed by atoms with Gasteiger partial charge in [-0.05, 0) is 23.9 Å². The van der Waals surface area contributed by atoms with Crippen molar-refractivity contribution in [3.05, 3.63) is 47.5 Å². The Hall–Kier alpha value is -2.32. The molecule has 2 aromatic rings. The number of ether oxygens (including phenoxy) is 1. The highest BCUT2D eigenvalue weighted by Crippen LogP contribution is 2.29. The first kappa shape index (κ1) is 22.9. The van der Waals surface area contributed by atoms with Crippen molar-refractivity contribution < 1.29 is 19.4 Å². The first-order valence-corrected chi connectivity index (χ1v) is 11.7. The number of aliphatic hydroxyl groups is 1. The van der Waals surface area contributed by atoms with E-state index in [1.807, 2.05) is 36.4 Å². The van der Waals surface area contributed by atoms with E-state index in [0.29, 0.717) is 44.0 Å². The molecule has 0 spiro atoms. The number of unbranched alkanes of at least 4 members (excludes halogenated alkanes) is 1. The zero-order valence-electron chi connectivity index (χ0n) is 18.8. The lowest BCUT2D eigenvalue weighted by Gasteiger charge is -2.36. The smallest absolute Gasteiger partial charge is 0.261 e. The van der Waals surface area contributed by atoms with Crippen LogP contribution in [0.1, 0.15) is 40.5 Å². The number of carbonyl (C=O) groups excluding carboxylic acids is 2. The summed E-state index contributed by atoms with van der Waals surface area (Å²) in [5.41, 5.74) is 1.22. The van der Waals surface area contributed by atoms with Crippen LogP contribution in [0.3, 0.4) is 0 Å². The topological polar surface area (TPSA) is 73.3 Å². The van der Waals surface area contributed by atoms with Gasteiger partial charge in [-0.3, -0.25) is 24.3 Å². The van der Waals surface area contributed by atoms with Crippen molar-refractivity contribution in [1.82, 2.24) is 14.7 Å². The van der Waals surface area contributed by atoms with Crippen molar-refractivity contribution in [2.24, 2.45) is 0 Å². The number of amides is 2. The van der Waals surface area contributed by atoms with E-state index in [-0.39, 0.29) is 11.8 Å². The number of imide groups is 1. The molecule has 2 aliphatic rings. The predicted molar refractivity (Wildman–Crippen MR) is 124 cm³/mol. The van der Waals surface area contributed by atoms with E-state index in [9.17, 15) is 14.7 Å². The first-order valence-electron chi connectivity index (χ1n) is 11.7. The summed E-state index contributed by atoms with van der Waals surface area (Å²) in [7, 11) is 0. The average molecular weight is 440 g/mol. The van der Waals surface area contributed by atoms with E-state index in [4.69, 9.17) is 4.74 Å². The number of nitrogens with zero attached hydrogens (tertiary/aromatic N) is 3. The van der Waals surface area contributed by atoms with Crippen LogP contribution in [0.4, 0.5) is 0 Å². The molecule has 32 heavy (non-hydrogen) atoms. The van der Waals surface area contributed by atoms with Crippen molar-refractivity contribution in [1.29, 1.82) is 0 Å². The van der Waals surface area contributed by atoms with Gasteiger partial charge in [0.15, 0.2) is 0 Å². The van der Waals surface area contributed by atoms with Gasteiger partial charge in [0, 0.05) is 68.9 Å². The molecule has 7 nitrogen and oxygen atoms in total. The highest BCUT2D eigenvalue weighted by Gasteiger charge is 2.32. The second-order valence-electron chi connectivity index (χ2n) is 8.70. The SMILES string of the molecule is CCCCOC[C@H](O)CN1CCN(CCN2C(=O)c3cccc4cccc(c34)C2=O)CC1. The third kappa shape index (κ3) is 5.02. The van der Waals surface area contributed by atoms with Crippen LogP contribution >= 0.6 is 0 Å². The molecule has 7 heteroatoms. The minimum atomic E-state index is -0.468. The lowest BCUT2D eigenvalue weighted by molar-refractivity contribution is 0.00592. The average Bonchev–Trinajstić information content (AvgIpc) is 2.81. The Morgan fingerprint density at radius 1 is 0.938 bits per heavy atom. The molecule has 2 aliphatic heterocycles. The third-order valence-corrected chi connectivity index (χ3v) is 6.38. The number of aliphatic hydroxyl groups excluding tert-OH is 1. The van der Waals surface area contributed by atoms with Crippen LogP contribution in [0.25, 0.3) is 10.8 Å². The van der Waals surface area contributed by atoms with Gasteiger partial charge >= 0.3 is 0 Å². The van der Waals surface area contributed by atoms with Gasteiger partial charge in [0.25, 0.3) is 11.8 Å². The van der Waals surface area contributed by atoms with Crippen molar-refractivity contribution >= 4 is 22.6 Å². The van der Waals surface area contributed by atoms with Crippen LogP contribution < -0.4 is 0 Å². The molecule has 2 heterocycles. The van der Waals surface area contributed by atoms with E-state index < -0.39 is 6.10 Å². The molecule has 0 radical (unpaired) electrons. The fourth-order valence-corrected chi connectivity index (χ4v) is 4.54. The molecule has 172 valence electrons. The molecule has 0 unspecified atom stereocenters. The van der Waals surface area contributed by atoms with Crippen molar-refractivity contribution in [3.8, 4) is 0 Å². The monoisotopic (exact) mass is 439 g/mol. The zero-order chi connectivity index (χ0) is 22.5. The normalized spacial score (nSPS) is 18.5. The van der Waals surface area contributed by atoms with Crippen molar-refractivity contribution in [2.75, 3.05) is 59.0 Å². The minimum Gasteiger partial charge on any atom is -0.389 e. The van der Waals surface area contributed by atoms with E-state index in [0.717, 1.165) is 49.8 Å². The molecule has 2 aromatic carbocycles. The van der Waals surface area contributed by atoms with Crippen molar-refractivity contribution in [2.45, 2.75) is 25.9 Å². The maximum atomic E-state index is 13.0. The van der Waals surface area contributed by atoms with Crippen LogP contribution in [0.5, 0.6) is 0 Å². The van der Waals surface area contributed by atoms with Gasteiger partial charge < -0.3 is 9.84 Å². The summed E-state index contributed by atoms with van der Waals surface area (Å²) < 4.78 is 5.51. The molecule has 2 amide bonds. The Morgan fingerprint density at radius 2 is 1.56 bits per heavy atom. The summed E-state index contributed by atoms with van der Waals surface area (Å²) in [6, 6.07) is 11.2. The number of hydrogen-bond acceptors (Lipinski definition) is 6. The van der Waals surface area contributed by atoms with Crippen LogP contribution in [0.15, 0.2) is 36.4 Å². The molecule has 0 aromatic heterocycles. The lowest BCUT2D eigenvalue weighted by atomic mass is 9.94. The van der Waals surface area contributed by atoms with Crippen LogP contribution in [0.2, 0.25) is 0 Å². The number of rotatable bonds is 10. The van der Waals surface area contributed by atoms with Crippen LogP contribution in [-0.4, -0.2) is 96.8 Å². The molecule has 0 bridgehead atoms. The fourth-order valence-electron chi connectivity index (χ4n) is 4.54. The van der Waals surface area contributed by atoms with Crippen LogP contribution in [-0.2, 0) is 4.74 Å². The van der Waals surface area contributed by atoms with E-state index >= 15 is 0 Å². The van der Waals surface area contributed by atoms with E-state index in [1.165, 1.54) is 4.90 Å². The summed E-state index contributed by atoms with van der Waals surface area (Å²) in [5.74, 6) is -0.409. The number of β-amino-alcohol motifs (C(OH)–C–C–N with tert-alkyl or cyclic N) is 1. The van der Waals surface area contributed by atoms with Gasteiger partial charge in [-0.25, -0.2) is 0 Å². The highest BCUT2D eigenvalue weighted by atomic mass is 16.5. The second kappa shape index (κ2) is 10.5. The third-order valence-electron chi connectivity index (χ3n) is 6.38. The number of piperazine rings is 1. The standard InChI is InChI=1S/C25H33N3O4/c1-2-3-16-32-18-20(29)17-27-12-10-26(11-13-27)14-15-28-24(30)21-8-4-6-19-7-5-9-22(23(19)21)25(28)31/h4-9,20,29H,2-3,10-18H2,1H3/t20-/m1/s1. The Bertz CT molecular complexity index is 905. The highest BCUT2D eigenvalue weighted by molar-refractivity contribution is 6.25. The van der Waals surface area contributed by atoms with E-state index in [2.05, 4.69) is 16.7 Å². The Kier molecular flexibility index (Phi) is 7.52. The quantitative estimate of drug-likeness (QED) is 0.452. The summed E-state index contributed by atoms with van der Waals surface area (Å²) in [4.78, 5) is 32.0. The van der Waals surface area contributed by atoms with Crippen LogP contribution in [0, 0.1) is 0 Å². The van der Waals surface area contributed by atoms with Gasteiger partial charge in [-0.2, -0.15) is 0 Å². The predicted octanol–water partition coefficient (Wildman–Crippen LogP) is 2.23. The number of benzene rings is 2. The second-order valence-corrected chi connectivity index (χ2v) is 8.70. The fraction of sp³-hybridized carbons (Fsp3) is 0.520. The van der Waals surface area contributed by atoms with Gasteiger partial charge in [-0.15, -0.1) is 0 Å². The minimum absolute atomic E-state index is 0.205. The van der Waals surface area contributed by atoms with Crippen molar-refractivity contribution in [3.63, 3.8) is 0 Å². The molecule has 4 rings (SSSR count). The summed E-state index contributed by atoms with van der Waals surface area (Å²) in [6.07, 6.45) is 1.65. The summed E-state index contributed by atoms with van der Waals surface area (Å²) in [6.45, 7) is 8.29. The maximum Gasteiger partial charge on any atom is 0.261 e. The van der Waals surface area contributed by atoms with Gasteiger partial charge in [0.2, 0.25) is 0 Å². The number of carbonyl (C=O) groups is 2. The molecular weight excluding hydrogens is 406 g/mol. The Morgan fingerprint density at radius 3 is 2.19 bits per heavy atom. The maximum absolute atomic E-state index is 13.0. The Balaban J connectivity index is 1.26. The number of hydrogen-bond donors (Lipinski definition) is 1. The summed E-state index contributed by atoms with van der Waals surface area (Å²) >= 11 is 0. The Labute approximate surface area is 189 Å². The molecule has 1 saturated heterocycles. The molecule has 0 aliphatic carbocycles. The first-order chi connectivity index (χ1) is 15.6. The zero-order valence-corrected chi connectivity index (χ0v) is 18.8. The van der Waals surface area contributed by atoms with Gasteiger partial charge in [0.05, 0.1) is 12.7 Å². The van der Waals surface area contributed by atoms with Gasteiger partial charge in [-0.1, -0.05) is 37.6 Å². The molecule has 1 atom stereocenters. The molecular formula is C25H33N3O4. The summed E-state index contributed by atoms with van der Waals surface area (Å²) in [5, 5.41) is 11.9. The van der Waals surface area contributed by atoms with Gasteiger partial charge in [0.1, 0.15) is 0 Å². The largest absolute Gasteiger partial charge is 0.389 e. The molecule has 1 N–H and O–H groups in total. The molecule has 0 saturated carbocycles. The lowest BCUT2D eigenvalue weighted by Crippen LogP contribution is -2.51.